The van der Waals surface area contributed by atoms with Gasteiger partial charge in [0, 0.05) is 18.6 Å². The van der Waals surface area contributed by atoms with Crippen LogP contribution in [0.25, 0.3) is 0 Å². The van der Waals surface area contributed by atoms with Crippen LogP contribution in [0.2, 0.25) is 5.02 Å². The van der Waals surface area contributed by atoms with Crippen LogP contribution in [0, 0.1) is 0 Å². The third kappa shape index (κ3) is 5.33. The van der Waals surface area contributed by atoms with E-state index in [1.165, 1.54) is 19.3 Å². The van der Waals surface area contributed by atoms with Gasteiger partial charge in [0.1, 0.15) is 18.5 Å². The van der Waals surface area contributed by atoms with Crippen molar-refractivity contribution in [2.45, 2.75) is 51.3 Å². The fraction of sp³-hybridized carbons (Fsp3) is 0.625. The van der Waals surface area contributed by atoms with E-state index in [1.807, 2.05) is 18.2 Å². The molecule has 1 aliphatic heterocycles. The highest BCUT2D eigenvalue weighted by molar-refractivity contribution is 6.32. The Hall–Kier alpha value is -0.480. The second-order valence-electron chi connectivity index (χ2n) is 5.72. The van der Waals surface area contributed by atoms with Crippen molar-refractivity contribution in [3.8, 4) is 5.75 Å². The van der Waals surface area contributed by atoms with E-state index in [9.17, 15) is 5.11 Å². The van der Waals surface area contributed by atoms with Crippen LogP contribution in [0.4, 0.5) is 0 Å². The summed E-state index contributed by atoms with van der Waals surface area (Å²) in [6.07, 6.45) is 3.21. The van der Waals surface area contributed by atoms with Crippen LogP contribution in [0.15, 0.2) is 24.3 Å². The molecule has 1 saturated heterocycles. The number of hydrogen-bond donors (Lipinski definition) is 1. The van der Waals surface area contributed by atoms with Crippen LogP contribution in [0.1, 0.15) is 33.1 Å². The average Bonchev–Trinajstić information content (AvgIpc) is 2.42. The van der Waals surface area contributed by atoms with Gasteiger partial charge in [0.05, 0.1) is 5.02 Å². The Morgan fingerprint density at radius 2 is 1.90 bits per heavy atom. The van der Waals surface area contributed by atoms with Crippen LogP contribution in [-0.4, -0.2) is 41.3 Å². The van der Waals surface area contributed by atoms with Gasteiger partial charge in [0.2, 0.25) is 0 Å². The summed E-state index contributed by atoms with van der Waals surface area (Å²) in [6, 6.07) is 8.42. The predicted octanol–water partition coefficient (Wildman–Crippen LogP) is 3.76. The summed E-state index contributed by atoms with van der Waals surface area (Å²) in [5.74, 6) is 0.632. The van der Waals surface area contributed by atoms with E-state index in [0.29, 0.717) is 29.4 Å². The molecule has 21 heavy (non-hydrogen) atoms. The summed E-state index contributed by atoms with van der Waals surface area (Å²) in [5.41, 5.74) is 0. The number of para-hydroxylation sites is 1. The van der Waals surface area contributed by atoms with Crippen molar-refractivity contribution in [1.29, 1.82) is 0 Å². The molecule has 1 aromatic rings. The van der Waals surface area contributed by atoms with Gasteiger partial charge in [-0.1, -0.05) is 30.2 Å². The number of nitrogens with zero attached hydrogens (tertiary/aromatic N) is 1. The highest BCUT2D eigenvalue weighted by atomic mass is 35.5. The Kier molecular flexibility index (Phi) is 7.82. The van der Waals surface area contributed by atoms with Gasteiger partial charge in [-0.15, -0.1) is 12.4 Å². The molecular weight excluding hydrogens is 309 g/mol. The van der Waals surface area contributed by atoms with Gasteiger partial charge in [-0.2, -0.15) is 0 Å². The van der Waals surface area contributed by atoms with Crippen LogP contribution < -0.4 is 4.74 Å². The molecule has 3 atom stereocenters. The molecule has 0 aliphatic carbocycles. The highest BCUT2D eigenvalue weighted by Gasteiger charge is 2.26. The molecular formula is C16H25Cl2NO2. The maximum Gasteiger partial charge on any atom is 0.138 e. The zero-order valence-corrected chi connectivity index (χ0v) is 14.2. The number of β-amino-alcohol motifs (C(OH)–C–C–N with tert-alkyl or cyclic N) is 1. The third-order valence-electron chi connectivity index (χ3n) is 4.07. The first kappa shape index (κ1) is 18.6. The standard InChI is InChI=1S/C16H24ClNO2.ClH/c1-12-6-5-7-13(2)18(12)10-14(19)11-20-16-9-4-3-8-15(16)17;/h3-4,8-9,12-14,19H,5-7,10-11H2,1-2H3;1H. The third-order valence-corrected chi connectivity index (χ3v) is 4.38. The average molecular weight is 334 g/mol. The van der Waals surface area contributed by atoms with Crippen LogP contribution in [0.3, 0.4) is 0 Å². The van der Waals surface area contributed by atoms with Crippen LogP contribution >= 0.6 is 24.0 Å². The number of aliphatic hydroxyl groups excluding tert-OH is 1. The molecule has 0 saturated carbocycles. The van der Waals surface area contributed by atoms with Crippen LogP contribution in [0.5, 0.6) is 5.75 Å². The Bertz CT molecular complexity index is 420. The number of rotatable bonds is 5. The maximum atomic E-state index is 10.2. The number of piperidine rings is 1. The van der Waals surface area contributed by atoms with Gasteiger partial charge in [0.15, 0.2) is 0 Å². The van der Waals surface area contributed by atoms with E-state index in [2.05, 4.69) is 18.7 Å². The fourth-order valence-electron chi connectivity index (χ4n) is 2.88. The molecule has 3 nitrogen and oxygen atoms in total. The summed E-state index contributed by atoms with van der Waals surface area (Å²) in [7, 11) is 0. The summed E-state index contributed by atoms with van der Waals surface area (Å²) in [4.78, 5) is 2.38. The smallest absolute Gasteiger partial charge is 0.138 e. The zero-order valence-electron chi connectivity index (χ0n) is 12.7. The molecule has 0 spiro atoms. The quantitative estimate of drug-likeness (QED) is 0.890. The molecule has 1 fully saturated rings. The van der Waals surface area contributed by atoms with Gasteiger partial charge in [-0.05, 0) is 38.8 Å². The second kappa shape index (κ2) is 8.84. The second-order valence-corrected chi connectivity index (χ2v) is 6.13. The first-order valence-corrected chi connectivity index (χ1v) is 7.77. The Balaban J connectivity index is 0.00000220. The molecule has 0 amide bonds. The topological polar surface area (TPSA) is 32.7 Å². The van der Waals surface area contributed by atoms with Crippen molar-refractivity contribution in [2.24, 2.45) is 0 Å². The minimum Gasteiger partial charge on any atom is -0.489 e. The molecule has 1 N–H and O–H groups in total. The minimum absolute atomic E-state index is 0. The first-order chi connectivity index (χ1) is 9.58. The molecule has 2 rings (SSSR count). The minimum atomic E-state index is -0.491. The van der Waals surface area contributed by atoms with E-state index < -0.39 is 6.10 Å². The lowest BCUT2D eigenvalue weighted by molar-refractivity contribution is 0.0209. The molecule has 0 aromatic heterocycles. The van der Waals surface area contributed by atoms with Crippen molar-refractivity contribution >= 4 is 24.0 Å². The zero-order chi connectivity index (χ0) is 14.5. The number of benzene rings is 1. The Morgan fingerprint density at radius 1 is 1.29 bits per heavy atom. The molecule has 1 aliphatic rings. The summed E-state index contributed by atoms with van der Waals surface area (Å²) in [5, 5.41) is 10.8. The molecule has 1 aromatic carbocycles. The number of hydrogen-bond acceptors (Lipinski definition) is 3. The molecule has 3 unspecified atom stereocenters. The highest BCUT2D eigenvalue weighted by Crippen LogP contribution is 2.24. The van der Waals surface area contributed by atoms with Crippen molar-refractivity contribution < 1.29 is 9.84 Å². The fourth-order valence-corrected chi connectivity index (χ4v) is 3.07. The largest absolute Gasteiger partial charge is 0.489 e. The van der Waals surface area contributed by atoms with Crippen molar-refractivity contribution in [3.05, 3.63) is 29.3 Å². The number of ether oxygens (including phenoxy) is 1. The lowest BCUT2D eigenvalue weighted by atomic mass is 9.97. The van der Waals surface area contributed by atoms with E-state index in [1.54, 1.807) is 6.07 Å². The van der Waals surface area contributed by atoms with E-state index in [4.69, 9.17) is 16.3 Å². The number of halogens is 2. The van der Waals surface area contributed by atoms with Gasteiger partial charge >= 0.3 is 0 Å². The van der Waals surface area contributed by atoms with Gasteiger partial charge in [-0.25, -0.2) is 0 Å². The van der Waals surface area contributed by atoms with Gasteiger partial charge < -0.3 is 9.84 Å². The van der Waals surface area contributed by atoms with Crippen molar-refractivity contribution in [1.82, 2.24) is 4.90 Å². The normalized spacial score (nSPS) is 24.2. The Labute approximate surface area is 138 Å². The van der Waals surface area contributed by atoms with Gasteiger partial charge in [0.25, 0.3) is 0 Å². The monoisotopic (exact) mass is 333 g/mol. The summed E-state index contributed by atoms with van der Waals surface area (Å²) >= 11 is 6.03. The number of aliphatic hydroxyl groups is 1. The van der Waals surface area contributed by atoms with E-state index in [-0.39, 0.29) is 19.0 Å². The summed E-state index contributed by atoms with van der Waals surface area (Å²) < 4.78 is 5.60. The van der Waals surface area contributed by atoms with E-state index >= 15 is 0 Å². The lowest BCUT2D eigenvalue weighted by Gasteiger charge is -2.40. The van der Waals surface area contributed by atoms with Crippen molar-refractivity contribution in [2.75, 3.05) is 13.2 Å². The van der Waals surface area contributed by atoms with E-state index in [0.717, 1.165) is 0 Å². The Morgan fingerprint density at radius 3 is 2.52 bits per heavy atom. The SMILES string of the molecule is CC1CCCC(C)N1CC(O)COc1ccccc1Cl.Cl. The lowest BCUT2D eigenvalue weighted by Crippen LogP contribution is -2.48. The first-order valence-electron chi connectivity index (χ1n) is 7.39. The molecule has 1 heterocycles. The number of likely N-dealkylation sites (tertiary alicyclic amines) is 1. The van der Waals surface area contributed by atoms with Crippen LogP contribution in [-0.2, 0) is 0 Å². The predicted molar refractivity (Wildman–Crippen MR) is 89.7 cm³/mol. The maximum absolute atomic E-state index is 10.2. The molecule has 0 bridgehead atoms. The molecule has 120 valence electrons. The summed E-state index contributed by atoms with van der Waals surface area (Å²) in [6.45, 7) is 5.40. The van der Waals surface area contributed by atoms with Crippen molar-refractivity contribution in [3.63, 3.8) is 0 Å². The molecule has 5 heteroatoms. The van der Waals surface area contributed by atoms with Gasteiger partial charge in [-0.3, -0.25) is 4.90 Å². The molecule has 0 radical (unpaired) electrons.